The molecule has 0 aliphatic rings. The van der Waals surface area contributed by atoms with Crippen LogP contribution in [0.3, 0.4) is 0 Å². The lowest BCUT2D eigenvalue weighted by atomic mass is 10.1. The van der Waals surface area contributed by atoms with Gasteiger partial charge in [-0.2, -0.15) is 5.26 Å². The molecule has 0 N–H and O–H groups in total. The van der Waals surface area contributed by atoms with Gasteiger partial charge in [-0.3, -0.25) is 0 Å². The Labute approximate surface area is 83.4 Å². The van der Waals surface area contributed by atoms with E-state index in [-0.39, 0.29) is 0 Å². The van der Waals surface area contributed by atoms with Crippen LogP contribution in [-0.4, -0.2) is 19.0 Å². The molecule has 0 aliphatic heterocycles. The van der Waals surface area contributed by atoms with Gasteiger partial charge in [0.05, 0.1) is 6.07 Å². The number of hydrogen-bond acceptors (Lipinski definition) is 3. The zero-order valence-electron chi connectivity index (χ0n) is 8.03. The largest absolute Gasteiger partial charge is 0.302 e. The fourth-order valence-corrected chi connectivity index (χ4v) is 2.29. The first kappa shape index (κ1) is 10.2. The highest BCUT2D eigenvalue weighted by Gasteiger charge is 2.13. The second kappa shape index (κ2) is 5.00. The standard InChI is InChI=1S/C10H14N2S/c1-12(2)9(5-3-7-11)10-6-4-8-13-10/h4,6,8-9H,3,5H2,1-2H3. The molecule has 0 aromatic carbocycles. The molecule has 0 saturated heterocycles. The Morgan fingerprint density at radius 1 is 1.62 bits per heavy atom. The Morgan fingerprint density at radius 2 is 2.38 bits per heavy atom. The van der Waals surface area contributed by atoms with Crippen molar-refractivity contribution in [3.05, 3.63) is 22.4 Å². The van der Waals surface area contributed by atoms with Gasteiger partial charge in [-0.1, -0.05) is 6.07 Å². The van der Waals surface area contributed by atoms with Crippen LogP contribution in [0.15, 0.2) is 17.5 Å². The highest BCUT2D eigenvalue weighted by Crippen LogP contribution is 2.26. The van der Waals surface area contributed by atoms with Crippen LogP contribution in [0.1, 0.15) is 23.8 Å². The molecular formula is C10H14N2S. The summed E-state index contributed by atoms with van der Waals surface area (Å²) in [5.41, 5.74) is 0. The molecule has 0 bridgehead atoms. The second-order valence-electron chi connectivity index (χ2n) is 3.19. The zero-order chi connectivity index (χ0) is 9.68. The first-order valence-electron chi connectivity index (χ1n) is 4.32. The molecule has 0 radical (unpaired) electrons. The molecule has 1 atom stereocenters. The van der Waals surface area contributed by atoms with Crippen molar-refractivity contribution >= 4 is 11.3 Å². The fraction of sp³-hybridized carbons (Fsp3) is 0.500. The highest BCUT2D eigenvalue weighted by atomic mass is 32.1. The maximum atomic E-state index is 8.53. The number of nitrogens with zero attached hydrogens (tertiary/aromatic N) is 2. The molecule has 2 nitrogen and oxygen atoms in total. The lowest BCUT2D eigenvalue weighted by Gasteiger charge is -2.21. The summed E-state index contributed by atoms with van der Waals surface area (Å²) < 4.78 is 0. The minimum atomic E-state index is 0.402. The van der Waals surface area contributed by atoms with E-state index in [1.54, 1.807) is 11.3 Å². The molecule has 3 heteroatoms. The van der Waals surface area contributed by atoms with Gasteiger partial charge in [0.25, 0.3) is 0 Å². The van der Waals surface area contributed by atoms with Gasteiger partial charge in [0.1, 0.15) is 0 Å². The molecule has 0 fully saturated rings. The van der Waals surface area contributed by atoms with E-state index in [0.29, 0.717) is 12.5 Å². The number of hydrogen-bond donors (Lipinski definition) is 0. The minimum absolute atomic E-state index is 0.402. The van der Waals surface area contributed by atoms with E-state index in [0.717, 1.165) is 6.42 Å². The molecule has 0 aliphatic carbocycles. The topological polar surface area (TPSA) is 27.0 Å². The number of nitriles is 1. The predicted octanol–water partition coefficient (Wildman–Crippen LogP) is 2.65. The number of rotatable bonds is 4. The van der Waals surface area contributed by atoms with E-state index in [2.05, 4.69) is 42.6 Å². The van der Waals surface area contributed by atoms with Crippen LogP contribution in [0, 0.1) is 11.3 Å². The molecule has 0 spiro atoms. The molecule has 1 unspecified atom stereocenters. The van der Waals surface area contributed by atoms with Crippen LogP contribution < -0.4 is 0 Å². The van der Waals surface area contributed by atoms with Gasteiger partial charge >= 0.3 is 0 Å². The van der Waals surface area contributed by atoms with Crippen molar-refractivity contribution in [2.45, 2.75) is 18.9 Å². The van der Waals surface area contributed by atoms with E-state index >= 15 is 0 Å². The smallest absolute Gasteiger partial charge is 0.0622 e. The van der Waals surface area contributed by atoms with Crippen LogP contribution in [0.4, 0.5) is 0 Å². The van der Waals surface area contributed by atoms with E-state index in [1.807, 2.05) is 0 Å². The van der Waals surface area contributed by atoms with Crippen molar-refractivity contribution in [1.82, 2.24) is 4.90 Å². The molecule has 0 saturated carbocycles. The summed E-state index contributed by atoms with van der Waals surface area (Å²) in [5.74, 6) is 0. The highest BCUT2D eigenvalue weighted by molar-refractivity contribution is 7.10. The third-order valence-electron chi connectivity index (χ3n) is 2.02. The Kier molecular flexibility index (Phi) is 3.94. The van der Waals surface area contributed by atoms with E-state index in [1.165, 1.54) is 4.88 Å². The predicted molar refractivity (Wildman–Crippen MR) is 55.6 cm³/mol. The second-order valence-corrected chi connectivity index (χ2v) is 4.17. The van der Waals surface area contributed by atoms with Crippen molar-refractivity contribution in [3.8, 4) is 6.07 Å². The van der Waals surface area contributed by atoms with Gasteiger partial charge in [0.15, 0.2) is 0 Å². The van der Waals surface area contributed by atoms with E-state index in [4.69, 9.17) is 5.26 Å². The van der Waals surface area contributed by atoms with Gasteiger partial charge in [0, 0.05) is 17.3 Å². The third kappa shape index (κ3) is 2.83. The first-order chi connectivity index (χ1) is 6.25. The summed E-state index contributed by atoms with van der Waals surface area (Å²) in [6.07, 6.45) is 1.55. The average molecular weight is 194 g/mol. The SMILES string of the molecule is CN(C)C(CCC#N)c1cccs1. The molecule has 13 heavy (non-hydrogen) atoms. The van der Waals surface area contributed by atoms with Crippen molar-refractivity contribution < 1.29 is 0 Å². The van der Waals surface area contributed by atoms with Crippen LogP contribution >= 0.6 is 11.3 Å². The lowest BCUT2D eigenvalue weighted by Crippen LogP contribution is -2.18. The van der Waals surface area contributed by atoms with Crippen molar-refractivity contribution in [3.63, 3.8) is 0 Å². The van der Waals surface area contributed by atoms with Crippen LogP contribution in [0.25, 0.3) is 0 Å². The fourth-order valence-electron chi connectivity index (χ4n) is 1.34. The Morgan fingerprint density at radius 3 is 2.85 bits per heavy atom. The molecule has 1 aromatic rings. The van der Waals surface area contributed by atoms with Crippen LogP contribution in [-0.2, 0) is 0 Å². The summed E-state index contributed by atoms with van der Waals surface area (Å²) in [4.78, 5) is 3.52. The Bertz CT molecular complexity index is 272. The van der Waals surface area contributed by atoms with Crippen LogP contribution in [0.5, 0.6) is 0 Å². The van der Waals surface area contributed by atoms with Gasteiger partial charge < -0.3 is 4.90 Å². The molecule has 1 rings (SSSR count). The third-order valence-corrected chi connectivity index (χ3v) is 3.00. The summed E-state index contributed by atoms with van der Waals surface area (Å²) >= 11 is 1.76. The van der Waals surface area contributed by atoms with E-state index in [9.17, 15) is 0 Å². The summed E-state index contributed by atoms with van der Waals surface area (Å²) in [7, 11) is 4.11. The van der Waals surface area contributed by atoms with Crippen molar-refractivity contribution in [1.29, 1.82) is 5.26 Å². The summed E-state index contributed by atoms with van der Waals surface area (Å²) in [5, 5.41) is 10.6. The van der Waals surface area contributed by atoms with Gasteiger partial charge in [-0.05, 0) is 32.0 Å². The quantitative estimate of drug-likeness (QED) is 0.736. The Balaban J connectivity index is 2.64. The van der Waals surface area contributed by atoms with Gasteiger partial charge in [-0.25, -0.2) is 0 Å². The van der Waals surface area contributed by atoms with Gasteiger partial charge in [0.2, 0.25) is 0 Å². The minimum Gasteiger partial charge on any atom is -0.302 e. The normalized spacial score (nSPS) is 12.8. The lowest BCUT2D eigenvalue weighted by molar-refractivity contribution is 0.290. The van der Waals surface area contributed by atoms with Crippen molar-refractivity contribution in [2.24, 2.45) is 0 Å². The molecule has 1 aromatic heterocycles. The summed E-state index contributed by atoms with van der Waals surface area (Å²) in [6.45, 7) is 0. The maximum Gasteiger partial charge on any atom is 0.0622 e. The zero-order valence-corrected chi connectivity index (χ0v) is 8.84. The molecule has 70 valence electrons. The van der Waals surface area contributed by atoms with E-state index < -0.39 is 0 Å². The van der Waals surface area contributed by atoms with Crippen LogP contribution in [0.2, 0.25) is 0 Å². The Hall–Kier alpha value is -0.850. The van der Waals surface area contributed by atoms with Crippen molar-refractivity contribution in [2.75, 3.05) is 14.1 Å². The molecular weight excluding hydrogens is 180 g/mol. The summed E-state index contributed by atoms with van der Waals surface area (Å²) in [6, 6.07) is 6.79. The first-order valence-corrected chi connectivity index (χ1v) is 5.20. The average Bonchev–Trinajstić information content (AvgIpc) is 2.57. The molecule has 0 amide bonds. The molecule has 1 heterocycles. The number of thiophene rings is 1. The maximum absolute atomic E-state index is 8.53. The monoisotopic (exact) mass is 194 g/mol. The van der Waals surface area contributed by atoms with Gasteiger partial charge in [-0.15, -0.1) is 11.3 Å².